The van der Waals surface area contributed by atoms with Crippen LogP contribution in [0, 0.1) is 5.82 Å². The Morgan fingerprint density at radius 1 is 1.00 bits per heavy atom. The van der Waals surface area contributed by atoms with Gasteiger partial charge in [-0.05, 0) is 48.0 Å². The van der Waals surface area contributed by atoms with Gasteiger partial charge in [-0.1, -0.05) is 57.9 Å². The number of rotatable bonds is 2. The van der Waals surface area contributed by atoms with Crippen molar-refractivity contribution in [3.05, 3.63) is 99.2 Å². The van der Waals surface area contributed by atoms with Crippen molar-refractivity contribution in [2.45, 2.75) is 6.04 Å². The van der Waals surface area contributed by atoms with Gasteiger partial charge in [-0.2, -0.15) is 0 Å². The first-order valence-corrected chi connectivity index (χ1v) is 9.94. The van der Waals surface area contributed by atoms with Crippen LogP contribution in [0.3, 0.4) is 0 Å². The third-order valence-electron chi connectivity index (χ3n) is 4.90. The van der Waals surface area contributed by atoms with E-state index in [0.717, 1.165) is 26.8 Å². The van der Waals surface area contributed by atoms with Gasteiger partial charge in [0.25, 0.3) is 0 Å². The lowest BCUT2D eigenvalue weighted by Gasteiger charge is -2.27. The number of benzene rings is 3. The summed E-state index contributed by atoms with van der Waals surface area (Å²) in [6, 6.07) is 20.1. The molecule has 138 valence electrons. The topological polar surface area (TPSA) is 29.9 Å². The molecule has 1 atom stereocenters. The Balaban J connectivity index is 1.77. The lowest BCUT2D eigenvalue weighted by molar-refractivity contribution is 0.584. The molecule has 0 unspecified atom stereocenters. The van der Waals surface area contributed by atoms with E-state index in [4.69, 9.17) is 16.6 Å². The van der Waals surface area contributed by atoms with Crippen LogP contribution in [-0.4, -0.2) is 9.55 Å². The Morgan fingerprint density at radius 2 is 1.79 bits per heavy atom. The molecule has 6 heteroatoms. The number of aromatic nitrogens is 2. The molecule has 0 saturated heterocycles. The van der Waals surface area contributed by atoms with E-state index in [0.29, 0.717) is 16.5 Å². The summed E-state index contributed by atoms with van der Waals surface area (Å²) in [5.74, 6) is 0.320. The Kier molecular flexibility index (Phi) is 4.22. The smallest absolute Gasteiger partial charge is 0.209 e. The molecule has 0 bridgehead atoms. The number of halogens is 3. The van der Waals surface area contributed by atoms with Gasteiger partial charge in [0.1, 0.15) is 5.82 Å². The van der Waals surface area contributed by atoms with Gasteiger partial charge in [-0.3, -0.25) is 4.57 Å². The van der Waals surface area contributed by atoms with Crippen molar-refractivity contribution in [1.29, 1.82) is 0 Å². The van der Waals surface area contributed by atoms with Crippen LogP contribution >= 0.6 is 27.5 Å². The van der Waals surface area contributed by atoms with Crippen molar-refractivity contribution in [3.8, 4) is 0 Å². The quantitative estimate of drug-likeness (QED) is 0.367. The van der Waals surface area contributed by atoms with Crippen LogP contribution in [-0.2, 0) is 0 Å². The largest absolute Gasteiger partial charge is 0.325 e. The molecule has 1 aliphatic rings. The van der Waals surface area contributed by atoms with Gasteiger partial charge >= 0.3 is 0 Å². The summed E-state index contributed by atoms with van der Waals surface area (Å²) >= 11 is 9.90. The maximum atomic E-state index is 14.8. The lowest BCUT2D eigenvalue weighted by Crippen LogP contribution is -2.20. The average molecular weight is 455 g/mol. The van der Waals surface area contributed by atoms with Gasteiger partial charge in [-0.15, -0.1) is 0 Å². The predicted molar refractivity (Wildman–Crippen MR) is 115 cm³/mol. The first kappa shape index (κ1) is 17.5. The highest BCUT2D eigenvalue weighted by Crippen LogP contribution is 2.40. The van der Waals surface area contributed by atoms with Gasteiger partial charge in [0.2, 0.25) is 5.95 Å². The third kappa shape index (κ3) is 2.82. The highest BCUT2D eigenvalue weighted by Gasteiger charge is 2.28. The molecule has 0 aliphatic carbocycles. The molecule has 0 fully saturated rings. The maximum Gasteiger partial charge on any atom is 0.209 e. The summed E-state index contributed by atoms with van der Waals surface area (Å²) in [6.45, 7) is 0. The molecular formula is C22H14BrClFN3. The summed E-state index contributed by atoms with van der Waals surface area (Å²) in [5, 5.41) is 3.78. The molecule has 5 rings (SSSR count). The lowest BCUT2D eigenvalue weighted by atomic mass is 10.0. The molecule has 3 nitrogen and oxygen atoms in total. The summed E-state index contributed by atoms with van der Waals surface area (Å²) in [4.78, 5) is 4.72. The van der Waals surface area contributed by atoms with Gasteiger partial charge in [0.15, 0.2) is 0 Å². The van der Waals surface area contributed by atoms with Gasteiger partial charge < -0.3 is 5.32 Å². The number of imidazole rings is 1. The number of nitrogens with one attached hydrogen (secondary N) is 1. The van der Waals surface area contributed by atoms with Crippen LogP contribution in [0.5, 0.6) is 0 Å². The second-order valence-electron chi connectivity index (χ2n) is 6.59. The Labute approximate surface area is 174 Å². The van der Waals surface area contributed by atoms with Gasteiger partial charge in [-0.25, -0.2) is 9.37 Å². The normalized spacial score (nSPS) is 15.8. The summed E-state index contributed by atoms with van der Waals surface area (Å²) in [7, 11) is 0. The SMILES string of the molecule is Fc1cccc(Cl)c1[C@@H]1C=C(c2ccc(Br)cc2)Nc2nc3ccccc3n21. The zero-order valence-electron chi connectivity index (χ0n) is 14.5. The molecule has 1 aliphatic heterocycles. The number of para-hydroxylation sites is 2. The zero-order valence-corrected chi connectivity index (χ0v) is 16.9. The first-order chi connectivity index (χ1) is 13.6. The number of anilines is 1. The highest BCUT2D eigenvalue weighted by atomic mass is 79.9. The molecule has 0 amide bonds. The summed E-state index contributed by atoms with van der Waals surface area (Å²) < 4.78 is 17.8. The summed E-state index contributed by atoms with van der Waals surface area (Å²) in [5.41, 5.74) is 4.04. The van der Waals surface area contributed by atoms with Crippen molar-refractivity contribution in [3.63, 3.8) is 0 Å². The minimum Gasteiger partial charge on any atom is -0.325 e. The number of hydrogen-bond donors (Lipinski definition) is 1. The average Bonchev–Trinajstić information content (AvgIpc) is 3.07. The molecule has 0 saturated carbocycles. The number of allylic oxidation sites excluding steroid dienone is 1. The van der Waals surface area contributed by atoms with E-state index < -0.39 is 6.04 Å². The predicted octanol–water partition coefficient (Wildman–Crippen LogP) is 6.65. The minimum absolute atomic E-state index is 0.338. The van der Waals surface area contributed by atoms with Crippen LogP contribution < -0.4 is 5.32 Å². The molecule has 1 aromatic heterocycles. The van der Waals surface area contributed by atoms with Crippen LogP contribution in [0.4, 0.5) is 10.3 Å². The molecule has 2 heterocycles. The van der Waals surface area contributed by atoms with E-state index in [1.807, 2.05) is 59.2 Å². The standard InChI is InChI=1S/C22H14BrClFN3/c23-14-10-8-13(9-11-14)18-12-20(21-15(24)4-3-5-16(21)25)28-19-7-2-1-6-17(19)26-22(28)27-18/h1-12,20H,(H,26,27)/t20-/m0/s1. The number of hydrogen-bond acceptors (Lipinski definition) is 2. The van der Waals surface area contributed by atoms with Crippen molar-refractivity contribution in [2.24, 2.45) is 0 Å². The van der Waals surface area contributed by atoms with Gasteiger partial charge in [0, 0.05) is 20.8 Å². The van der Waals surface area contributed by atoms with Crippen LogP contribution in [0.1, 0.15) is 17.2 Å². The van der Waals surface area contributed by atoms with Crippen LogP contribution in [0.25, 0.3) is 16.7 Å². The maximum absolute atomic E-state index is 14.8. The third-order valence-corrected chi connectivity index (χ3v) is 5.75. The molecule has 0 radical (unpaired) electrons. The zero-order chi connectivity index (χ0) is 19.3. The summed E-state index contributed by atoms with van der Waals surface area (Å²) in [6.07, 6.45) is 1.99. The second kappa shape index (κ2) is 6.76. The Morgan fingerprint density at radius 3 is 2.57 bits per heavy atom. The molecule has 1 N–H and O–H groups in total. The van der Waals surface area contributed by atoms with E-state index in [2.05, 4.69) is 21.2 Å². The molecular weight excluding hydrogens is 441 g/mol. The fourth-order valence-corrected chi connectivity index (χ4v) is 4.15. The van der Waals surface area contributed by atoms with E-state index in [1.54, 1.807) is 12.1 Å². The molecule has 4 aromatic rings. The fourth-order valence-electron chi connectivity index (χ4n) is 3.61. The van der Waals surface area contributed by atoms with E-state index in [-0.39, 0.29) is 5.82 Å². The van der Waals surface area contributed by atoms with E-state index in [9.17, 15) is 4.39 Å². The minimum atomic E-state index is -0.420. The van der Waals surface area contributed by atoms with Gasteiger partial charge in [0.05, 0.1) is 17.1 Å². The first-order valence-electron chi connectivity index (χ1n) is 8.77. The fraction of sp³-hybridized carbons (Fsp3) is 0.0455. The van der Waals surface area contributed by atoms with Crippen molar-refractivity contribution in [2.75, 3.05) is 5.32 Å². The Hall–Kier alpha value is -2.63. The highest BCUT2D eigenvalue weighted by molar-refractivity contribution is 9.10. The number of fused-ring (bicyclic) bond motifs is 3. The van der Waals surface area contributed by atoms with E-state index >= 15 is 0 Å². The Bertz CT molecular complexity index is 1210. The van der Waals surface area contributed by atoms with Crippen molar-refractivity contribution in [1.82, 2.24) is 9.55 Å². The van der Waals surface area contributed by atoms with Crippen LogP contribution in [0.15, 0.2) is 77.3 Å². The second-order valence-corrected chi connectivity index (χ2v) is 7.91. The monoisotopic (exact) mass is 453 g/mol. The van der Waals surface area contributed by atoms with Crippen LogP contribution in [0.2, 0.25) is 5.02 Å². The number of nitrogens with zero attached hydrogens (tertiary/aromatic N) is 2. The molecule has 28 heavy (non-hydrogen) atoms. The van der Waals surface area contributed by atoms with E-state index in [1.165, 1.54) is 6.07 Å². The molecule has 0 spiro atoms. The van der Waals surface area contributed by atoms with Crippen molar-refractivity contribution >= 4 is 50.2 Å². The van der Waals surface area contributed by atoms with Crippen molar-refractivity contribution < 1.29 is 4.39 Å². The molecule has 3 aromatic carbocycles.